The maximum absolute atomic E-state index is 12.9. The Morgan fingerprint density at radius 2 is 1.71 bits per heavy atom. The topological polar surface area (TPSA) is 46.6 Å². The Kier molecular flexibility index (Phi) is 5.87. The van der Waals surface area contributed by atoms with E-state index in [0.717, 1.165) is 0 Å². The van der Waals surface area contributed by atoms with Crippen LogP contribution < -0.4 is 0 Å². The summed E-state index contributed by atoms with van der Waals surface area (Å²) >= 11 is 0. The largest absolute Gasteiger partial charge is 0.451 e. The van der Waals surface area contributed by atoms with E-state index in [-0.39, 0.29) is 18.2 Å². The fourth-order valence-corrected chi connectivity index (χ4v) is 2.49. The number of halogens is 2. The number of esters is 1. The van der Waals surface area contributed by atoms with E-state index >= 15 is 0 Å². The van der Waals surface area contributed by atoms with Crippen LogP contribution in [0.3, 0.4) is 0 Å². The van der Waals surface area contributed by atoms with Gasteiger partial charge in [0.05, 0.1) is 0 Å². The summed E-state index contributed by atoms with van der Waals surface area (Å²) < 4.78 is 18.3. The Labute approximate surface area is 129 Å². The highest BCUT2D eigenvalue weighted by Crippen LogP contribution is 2.30. The van der Waals surface area contributed by atoms with Crippen LogP contribution in [0.25, 0.3) is 0 Å². The van der Waals surface area contributed by atoms with Gasteiger partial charge < -0.3 is 9.64 Å². The standard InChI is InChI=1S/C15H18FNO3.ClH/c1-11(18)20-15(7-9-17(2)10-8-15)14(19)12-3-5-13(16)6-4-12;/h3-6H,7-10H2,1-2H3;1H. The van der Waals surface area contributed by atoms with E-state index in [1.807, 2.05) is 7.05 Å². The lowest BCUT2D eigenvalue weighted by molar-refractivity contribution is -0.156. The first-order valence-corrected chi connectivity index (χ1v) is 6.61. The van der Waals surface area contributed by atoms with Crippen molar-refractivity contribution in [2.75, 3.05) is 20.1 Å². The molecule has 0 radical (unpaired) electrons. The zero-order valence-corrected chi connectivity index (χ0v) is 12.9. The molecule has 1 saturated heterocycles. The van der Waals surface area contributed by atoms with Crippen LogP contribution >= 0.6 is 12.4 Å². The van der Waals surface area contributed by atoms with Crippen molar-refractivity contribution in [3.05, 3.63) is 35.6 Å². The molecule has 4 nitrogen and oxygen atoms in total. The van der Waals surface area contributed by atoms with E-state index in [2.05, 4.69) is 4.90 Å². The quantitative estimate of drug-likeness (QED) is 0.635. The number of benzene rings is 1. The molecule has 0 unspecified atom stereocenters. The Bertz CT molecular complexity index is 510. The molecule has 0 spiro atoms. The van der Waals surface area contributed by atoms with Gasteiger partial charge in [0.15, 0.2) is 5.60 Å². The second-order valence-electron chi connectivity index (χ2n) is 5.23. The lowest BCUT2D eigenvalue weighted by atomic mass is 9.84. The number of carbonyl (C=O) groups excluding carboxylic acids is 2. The molecule has 21 heavy (non-hydrogen) atoms. The minimum atomic E-state index is -1.11. The van der Waals surface area contributed by atoms with E-state index in [1.165, 1.54) is 31.2 Å². The summed E-state index contributed by atoms with van der Waals surface area (Å²) in [4.78, 5) is 26.1. The van der Waals surface area contributed by atoms with Crippen LogP contribution in [0.2, 0.25) is 0 Å². The number of hydrogen-bond acceptors (Lipinski definition) is 4. The molecule has 0 amide bonds. The first kappa shape index (κ1) is 17.6. The first-order chi connectivity index (χ1) is 9.43. The van der Waals surface area contributed by atoms with Crippen molar-refractivity contribution in [3.63, 3.8) is 0 Å². The van der Waals surface area contributed by atoms with E-state index < -0.39 is 17.4 Å². The number of ketones is 1. The predicted molar refractivity (Wildman–Crippen MR) is 79.2 cm³/mol. The number of hydrogen-bond donors (Lipinski definition) is 0. The molecule has 1 aliphatic rings. The van der Waals surface area contributed by atoms with Crippen LogP contribution in [0.15, 0.2) is 24.3 Å². The number of rotatable bonds is 3. The SMILES string of the molecule is CC(=O)OC1(C(=O)c2ccc(F)cc2)CCN(C)CC1.Cl. The van der Waals surface area contributed by atoms with E-state index in [4.69, 9.17) is 4.74 Å². The van der Waals surface area contributed by atoms with E-state index in [1.54, 1.807) is 0 Å². The van der Waals surface area contributed by atoms with E-state index in [0.29, 0.717) is 31.5 Å². The van der Waals surface area contributed by atoms with Crippen LogP contribution in [0.4, 0.5) is 4.39 Å². The molecule has 0 aromatic heterocycles. The lowest BCUT2D eigenvalue weighted by Crippen LogP contribution is -2.51. The van der Waals surface area contributed by atoms with Crippen molar-refractivity contribution >= 4 is 24.2 Å². The molecule has 0 saturated carbocycles. The fraction of sp³-hybridized carbons (Fsp3) is 0.467. The molecule has 1 heterocycles. The number of Topliss-reactive ketones (excluding diaryl/α,β-unsaturated/α-hetero) is 1. The molecule has 6 heteroatoms. The van der Waals surface area contributed by atoms with Crippen molar-refractivity contribution in [2.45, 2.75) is 25.4 Å². The van der Waals surface area contributed by atoms with Gasteiger partial charge in [-0.15, -0.1) is 12.4 Å². The zero-order valence-electron chi connectivity index (χ0n) is 12.1. The molecule has 0 bridgehead atoms. The molecule has 116 valence electrons. The average molecular weight is 316 g/mol. The van der Waals surface area contributed by atoms with Gasteiger partial charge in [0.2, 0.25) is 5.78 Å². The molecule has 1 aromatic carbocycles. The maximum Gasteiger partial charge on any atom is 0.303 e. The van der Waals surface area contributed by atoms with Crippen molar-refractivity contribution < 1.29 is 18.7 Å². The van der Waals surface area contributed by atoms with Crippen LogP contribution in [0, 0.1) is 5.82 Å². The number of piperidine rings is 1. The van der Waals surface area contributed by atoms with Crippen LogP contribution in [-0.2, 0) is 9.53 Å². The van der Waals surface area contributed by atoms with Gasteiger partial charge in [-0.05, 0) is 31.3 Å². The highest BCUT2D eigenvalue weighted by atomic mass is 35.5. The molecule has 0 atom stereocenters. The number of likely N-dealkylation sites (tertiary alicyclic amines) is 1. The predicted octanol–water partition coefficient (Wildman–Crippen LogP) is 2.46. The summed E-state index contributed by atoms with van der Waals surface area (Å²) in [7, 11) is 1.96. The van der Waals surface area contributed by atoms with Gasteiger partial charge in [0.1, 0.15) is 5.82 Å². The maximum atomic E-state index is 12.9. The van der Waals surface area contributed by atoms with Crippen LogP contribution in [0.5, 0.6) is 0 Å². The fourth-order valence-electron chi connectivity index (χ4n) is 2.49. The third-order valence-corrected chi connectivity index (χ3v) is 3.65. The molecule has 2 rings (SSSR count). The second kappa shape index (κ2) is 7.00. The summed E-state index contributed by atoms with van der Waals surface area (Å²) in [6.07, 6.45) is 0.915. The smallest absolute Gasteiger partial charge is 0.303 e. The molecule has 1 fully saturated rings. The summed E-state index contributed by atoms with van der Waals surface area (Å²) in [5.41, 5.74) is -0.742. The Balaban J connectivity index is 0.00000220. The zero-order chi connectivity index (χ0) is 14.8. The van der Waals surface area contributed by atoms with Crippen molar-refractivity contribution in [1.29, 1.82) is 0 Å². The van der Waals surface area contributed by atoms with E-state index in [9.17, 15) is 14.0 Å². The molecule has 1 aliphatic heterocycles. The monoisotopic (exact) mass is 315 g/mol. The number of nitrogens with zero attached hydrogens (tertiary/aromatic N) is 1. The third kappa shape index (κ3) is 4.02. The third-order valence-electron chi connectivity index (χ3n) is 3.65. The normalized spacial score (nSPS) is 17.7. The Morgan fingerprint density at radius 3 is 2.19 bits per heavy atom. The molecular weight excluding hydrogens is 297 g/mol. The van der Waals surface area contributed by atoms with Gasteiger partial charge in [-0.2, -0.15) is 0 Å². The summed E-state index contributed by atoms with van der Waals surface area (Å²) in [6.45, 7) is 2.67. The Hall–Kier alpha value is -1.46. The minimum absolute atomic E-state index is 0. The Morgan fingerprint density at radius 1 is 1.19 bits per heavy atom. The molecule has 0 aliphatic carbocycles. The van der Waals surface area contributed by atoms with Gasteiger partial charge in [-0.1, -0.05) is 0 Å². The second-order valence-corrected chi connectivity index (χ2v) is 5.23. The summed E-state index contributed by atoms with van der Waals surface area (Å²) in [5.74, 6) is -1.11. The van der Waals surface area contributed by atoms with Gasteiger partial charge in [-0.25, -0.2) is 4.39 Å². The lowest BCUT2D eigenvalue weighted by Gasteiger charge is -2.38. The van der Waals surface area contributed by atoms with Gasteiger partial charge in [0.25, 0.3) is 0 Å². The molecular formula is C15H19ClFNO3. The van der Waals surface area contributed by atoms with Gasteiger partial charge in [-0.3, -0.25) is 9.59 Å². The highest BCUT2D eigenvalue weighted by molar-refractivity contribution is 6.03. The summed E-state index contributed by atoms with van der Waals surface area (Å²) in [6, 6.07) is 5.34. The average Bonchev–Trinajstić information content (AvgIpc) is 2.41. The first-order valence-electron chi connectivity index (χ1n) is 6.61. The van der Waals surface area contributed by atoms with Gasteiger partial charge in [0, 0.05) is 38.4 Å². The number of carbonyl (C=O) groups is 2. The highest BCUT2D eigenvalue weighted by Gasteiger charge is 2.44. The van der Waals surface area contributed by atoms with Gasteiger partial charge >= 0.3 is 5.97 Å². The van der Waals surface area contributed by atoms with Crippen LogP contribution in [0.1, 0.15) is 30.1 Å². The number of ether oxygens (including phenoxy) is 1. The van der Waals surface area contributed by atoms with Crippen molar-refractivity contribution in [3.8, 4) is 0 Å². The van der Waals surface area contributed by atoms with Crippen LogP contribution in [-0.4, -0.2) is 42.4 Å². The van der Waals surface area contributed by atoms with Crippen molar-refractivity contribution in [2.24, 2.45) is 0 Å². The minimum Gasteiger partial charge on any atom is -0.451 e. The summed E-state index contributed by atoms with van der Waals surface area (Å²) in [5, 5.41) is 0. The molecule has 0 N–H and O–H groups in total. The molecule has 1 aromatic rings. The van der Waals surface area contributed by atoms with Crippen molar-refractivity contribution in [1.82, 2.24) is 4.90 Å².